The second-order valence-corrected chi connectivity index (χ2v) is 12.4. The highest BCUT2D eigenvalue weighted by molar-refractivity contribution is 6.00. The number of fused-ring (bicyclic) bond motifs is 1. The van der Waals surface area contributed by atoms with Gasteiger partial charge in [-0.3, -0.25) is 14.4 Å². The number of aromatic nitrogens is 3. The van der Waals surface area contributed by atoms with Crippen molar-refractivity contribution in [1.82, 2.24) is 25.4 Å². The van der Waals surface area contributed by atoms with Gasteiger partial charge >= 0.3 is 0 Å². The third-order valence-corrected chi connectivity index (χ3v) is 8.94. The summed E-state index contributed by atoms with van der Waals surface area (Å²) in [6.45, 7) is 8.82. The SMILES string of the molecule is CCc1nc2c(cnn2CC)c(NC2CCOCC2)c1CNC(=O)c1cccc(C(=O)NCc2cc(C)cc(-c3cccc(C=O)c3)c2)c1. The lowest BCUT2D eigenvalue weighted by Gasteiger charge is -2.26. The molecule has 0 saturated carbocycles. The fraction of sp³-hybridized carbons (Fsp3) is 0.308. The van der Waals surface area contributed by atoms with Crippen molar-refractivity contribution < 1.29 is 19.1 Å². The van der Waals surface area contributed by atoms with Crippen LogP contribution in [0.25, 0.3) is 22.2 Å². The summed E-state index contributed by atoms with van der Waals surface area (Å²) in [6, 6.07) is 20.5. The third kappa shape index (κ3) is 7.70. The monoisotopic (exact) mass is 658 g/mol. The predicted molar refractivity (Wildman–Crippen MR) is 191 cm³/mol. The van der Waals surface area contributed by atoms with Gasteiger partial charge in [-0.15, -0.1) is 0 Å². The lowest BCUT2D eigenvalue weighted by atomic mass is 9.99. The average Bonchev–Trinajstić information content (AvgIpc) is 3.56. The zero-order valence-electron chi connectivity index (χ0n) is 28.2. The second kappa shape index (κ2) is 15.3. The average molecular weight is 659 g/mol. The largest absolute Gasteiger partial charge is 0.381 e. The van der Waals surface area contributed by atoms with Crippen LogP contribution in [0, 0.1) is 6.92 Å². The molecule has 1 saturated heterocycles. The van der Waals surface area contributed by atoms with Crippen LogP contribution in [0.3, 0.4) is 0 Å². The maximum absolute atomic E-state index is 13.5. The van der Waals surface area contributed by atoms with Gasteiger partial charge in [-0.05, 0) is 80.1 Å². The number of hydrogen-bond donors (Lipinski definition) is 3. The van der Waals surface area contributed by atoms with Crippen LogP contribution in [-0.4, -0.2) is 52.1 Å². The van der Waals surface area contributed by atoms with Gasteiger partial charge in [0.15, 0.2) is 5.65 Å². The van der Waals surface area contributed by atoms with Crippen LogP contribution in [0.2, 0.25) is 0 Å². The molecule has 10 nitrogen and oxygen atoms in total. The van der Waals surface area contributed by atoms with Crippen molar-refractivity contribution >= 4 is 34.8 Å². The summed E-state index contributed by atoms with van der Waals surface area (Å²) in [4.78, 5) is 43.0. The number of carbonyl (C=O) groups is 3. The Kier molecular flexibility index (Phi) is 10.4. The standard InChI is InChI=1S/C39H42N6O4/c1-4-35-33(36(43-32-12-14-49-15-13-32)34-23-42-45(5-2)37(34)44-35)22-41-39(48)30-11-7-10-29(20-30)38(47)40-21-27-16-25(3)17-31(19-27)28-9-6-8-26(18-28)24-46/h6-11,16-20,23-24,32H,4-5,12-15,21-22H2,1-3H3,(H,40,47)(H,41,48)(H,43,44). The Morgan fingerprint density at radius 2 is 1.65 bits per heavy atom. The molecular formula is C39H42N6O4. The molecule has 0 aliphatic carbocycles. The van der Waals surface area contributed by atoms with Crippen LogP contribution in [0.1, 0.15) is 80.1 Å². The normalized spacial score (nSPS) is 13.3. The van der Waals surface area contributed by atoms with Crippen molar-refractivity contribution in [3.05, 3.63) is 112 Å². The highest BCUT2D eigenvalue weighted by atomic mass is 16.5. The fourth-order valence-corrected chi connectivity index (χ4v) is 6.38. The molecule has 49 heavy (non-hydrogen) atoms. The number of benzene rings is 3. The van der Waals surface area contributed by atoms with E-state index in [2.05, 4.69) is 34.0 Å². The van der Waals surface area contributed by atoms with Crippen LogP contribution in [0.5, 0.6) is 0 Å². The molecule has 6 rings (SSSR count). The number of amides is 2. The van der Waals surface area contributed by atoms with E-state index in [1.54, 1.807) is 30.3 Å². The molecule has 5 aromatic rings. The van der Waals surface area contributed by atoms with Gasteiger partial charge in [0.2, 0.25) is 0 Å². The zero-order chi connectivity index (χ0) is 34.3. The second-order valence-electron chi connectivity index (χ2n) is 12.4. The third-order valence-electron chi connectivity index (χ3n) is 8.94. The molecule has 252 valence electrons. The van der Waals surface area contributed by atoms with Crippen molar-refractivity contribution in [1.29, 1.82) is 0 Å². The first kappa shape index (κ1) is 33.5. The Morgan fingerprint density at radius 3 is 2.37 bits per heavy atom. The summed E-state index contributed by atoms with van der Waals surface area (Å²) < 4.78 is 7.48. The van der Waals surface area contributed by atoms with Gasteiger partial charge in [-0.25, -0.2) is 9.67 Å². The summed E-state index contributed by atoms with van der Waals surface area (Å²) in [7, 11) is 0. The number of nitrogens with zero attached hydrogens (tertiary/aromatic N) is 3. The minimum atomic E-state index is -0.279. The molecule has 1 aliphatic rings. The summed E-state index contributed by atoms with van der Waals surface area (Å²) in [5.41, 5.74) is 8.91. The number of pyridine rings is 1. The minimum absolute atomic E-state index is 0.249. The van der Waals surface area contributed by atoms with E-state index in [9.17, 15) is 14.4 Å². The van der Waals surface area contributed by atoms with Crippen molar-refractivity contribution in [3.63, 3.8) is 0 Å². The summed E-state index contributed by atoms with van der Waals surface area (Å²) in [5, 5.41) is 15.3. The van der Waals surface area contributed by atoms with Crippen molar-refractivity contribution in [3.8, 4) is 11.1 Å². The molecule has 0 spiro atoms. The number of ether oxygens (including phenoxy) is 1. The molecule has 2 amide bonds. The van der Waals surface area contributed by atoms with Gasteiger partial charge in [-0.2, -0.15) is 5.10 Å². The molecule has 2 aromatic heterocycles. The number of nitrogens with one attached hydrogen (secondary N) is 3. The summed E-state index contributed by atoms with van der Waals surface area (Å²) in [5.74, 6) is -0.557. The lowest BCUT2D eigenvalue weighted by Crippen LogP contribution is -2.30. The molecule has 3 N–H and O–H groups in total. The van der Waals surface area contributed by atoms with Gasteiger partial charge in [0, 0.05) is 66.8 Å². The molecule has 0 unspecified atom stereocenters. The molecule has 1 fully saturated rings. The first-order valence-electron chi connectivity index (χ1n) is 16.9. The van der Waals surface area contributed by atoms with Crippen LogP contribution >= 0.6 is 0 Å². The maximum atomic E-state index is 13.5. The number of aryl methyl sites for hydroxylation is 3. The van der Waals surface area contributed by atoms with Crippen LogP contribution in [-0.2, 0) is 30.8 Å². The smallest absolute Gasteiger partial charge is 0.251 e. The van der Waals surface area contributed by atoms with E-state index in [0.717, 1.165) is 69.4 Å². The summed E-state index contributed by atoms with van der Waals surface area (Å²) >= 11 is 0. The first-order chi connectivity index (χ1) is 23.9. The van der Waals surface area contributed by atoms with Gasteiger partial charge in [0.1, 0.15) is 6.29 Å². The number of aldehydes is 1. The van der Waals surface area contributed by atoms with Gasteiger partial charge in [0.25, 0.3) is 11.8 Å². The quantitative estimate of drug-likeness (QED) is 0.135. The van der Waals surface area contributed by atoms with Crippen LogP contribution in [0.4, 0.5) is 5.69 Å². The molecule has 0 atom stereocenters. The molecule has 3 aromatic carbocycles. The number of anilines is 1. The summed E-state index contributed by atoms with van der Waals surface area (Å²) in [6.07, 6.45) is 5.17. The minimum Gasteiger partial charge on any atom is -0.381 e. The van der Waals surface area contributed by atoms with Gasteiger partial charge in [-0.1, -0.05) is 48.9 Å². The molecular weight excluding hydrogens is 616 g/mol. The predicted octanol–water partition coefficient (Wildman–Crippen LogP) is 6.25. The Hall–Kier alpha value is -5.35. The van der Waals surface area contributed by atoms with E-state index in [4.69, 9.17) is 9.72 Å². The van der Waals surface area contributed by atoms with Crippen LogP contribution < -0.4 is 16.0 Å². The van der Waals surface area contributed by atoms with Crippen molar-refractivity contribution in [2.75, 3.05) is 18.5 Å². The number of rotatable bonds is 12. The van der Waals surface area contributed by atoms with Crippen molar-refractivity contribution in [2.24, 2.45) is 0 Å². The highest BCUT2D eigenvalue weighted by Crippen LogP contribution is 2.31. The van der Waals surface area contributed by atoms with E-state index >= 15 is 0 Å². The maximum Gasteiger partial charge on any atom is 0.251 e. The number of hydrogen-bond acceptors (Lipinski definition) is 7. The zero-order valence-corrected chi connectivity index (χ0v) is 28.2. The lowest BCUT2D eigenvalue weighted by molar-refractivity contribution is 0.0904. The highest BCUT2D eigenvalue weighted by Gasteiger charge is 2.22. The number of carbonyl (C=O) groups excluding carboxylic acids is 3. The molecule has 3 heterocycles. The van der Waals surface area contributed by atoms with E-state index in [-0.39, 0.29) is 24.4 Å². The van der Waals surface area contributed by atoms with Gasteiger partial charge < -0.3 is 20.7 Å². The van der Waals surface area contributed by atoms with E-state index in [1.165, 1.54) is 0 Å². The molecule has 10 heteroatoms. The molecule has 0 radical (unpaired) electrons. The fourth-order valence-electron chi connectivity index (χ4n) is 6.38. The Labute approximate surface area is 286 Å². The van der Waals surface area contributed by atoms with E-state index in [1.807, 2.05) is 55.1 Å². The van der Waals surface area contributed by atoms with E-state index in [0.29, 0.717) is 49.4 Å². The molecule has 0 bridgehead atoms. The van der Waals surface area contributed by atoms with Crippen molar-refractivity contribution in [2.45, 2.75) is 65.7 Å². The Bertz CT molecular complexity index is 2000. The molecule has 1 aliphatic heterocycles. The van der Waals surface area contributed by atoms with E-state index < -0.39 is 0 Å². The first-order valence-corrected chi connectivity index (χ1v) is 16.9. The van der Waals surface area contributed by atoms with Gasteiger partial charge in [0.05, 0.1) is 17.3 Å². The van der Waals surface area contributed by atoms with Crippen LogP contribution in [0.15, 0.2) is 72.9 Å². The Balaban J connectivity index is 1.16. The Morgan fingerprint density at radius 1 is 0.918 bits per heavy atom. The topological polar surface area (TPSA) is 127 Å².